The Labute approximate surface area is 134 Å². The minimum Gasteiger partial charge on any atom is -0.423 e. The zero-order valence-electron chi connectivity index (χ0n) is 12.0. The van der Waals surface area contributed by atoms with Crippen molar-refractivity contribution in [2.45, 2.75) is 17.9 Å². The van der Waals surface area contributed by atoms with Crippen molar-refractivity contribution >= 4 is 33.4 Å². The molecule has 0 radical (unpaired) electrons. The predicted octanol–water partition coefficient (Wildman–Crippen LogP) is 1.20. The van der Waals surface area contributed by atoms with E-state index in [0.29, 0.717) is 30.6 Å². The number of fused-ring (bicyclic) bond motifs is 1. The lowest BCUT2D eigenvalue weighted by Gasteiger charge is -2.31. The van der Waals surface area contributed by atoms with Gasteiger partial charge in [0, 0.05) is 37.1 Å². The second-order valence-corrected chi connectivity index (χ2v) is 7.11. The van der Waals surface area contributed by atoms with Crippen molar-refractivity contribution in [1.29, 1.82) is 0 Å². The Morgan fingerprint density at radius 1 is 1.27 bits per heavy atom. The molecular weight excluding hydrogens is 328 g/mol. The first-order valence-corrected chi connectivity index (χ1v) is 8.18. The van der Waals surface area contributed by atoms with Crippen LogP contribution in [0.1, 0.15) is 6.92 Å². The Bertz CT molecular complexity index is 834. The van der Waals surface area contributed by atoms with Crippen LogP contribution in [-0.2, 0) is 10.0 Å². The van der Waals surface area contributed by atoms with Gasteiger partial charge in [0.05, 0.1) is 4.90 Å². The third-order valence-corrected chi connectivity index (χ3v) is 5.42. The van der Waals surface area contributed by atoms with Gasteiger partial charge in [-0.3, -0.25) is 0 Å². The van der Waals surface area contributed by atoms with E-state index in [-0.39, 0.29) is 23.3 Å². The predicted molar refractivity (Wildman–Crippen MR) is 86.0 cm³/mol. The molecular formula is C14H17ClN2O4S. The molecule has 1 aromatic carbocycles. The van der Waals surface area contributed by atoms with E-state index in [4.69, 9.17) is 4.42 Å². The van der Waals surface area contributed by atoms with Crippen LogP contribution in [0.3, 0.4) is 0 Å². The normalized spacial score (nSPS) is 19.8. The van der Waals surface area contributed by atoms with Gasteiger partial charge in [0.15, 0.2) is 0 Å². The van der Waals surface area contributed by atoms with Crippen molar-refractivity contribution in [2.75, 3.05) is 19.6 Å². The average molecular weight is 345 g/mol. The molecule has 1 aliphatic heterocycles. The monoisotopic (exact) mass is 344 g/mol. The zero-order valence-corrected chi connectivity index (χ0v) is 13.6. The highest BCUT2D eigenvalue weighted by Gasteiger charge is 2.28. The first kappa shape index (κ1) is 17.0. The molecule has 1 aliphatic rings. The smallest absolute Gasteiger partial charge is 0.336 e. The molecule has 3 rings (SSSR count). The molecule has 0 saturated carbocycles. The third kappa shape index (κ3) is 3.17. The summed E-state index contributed by atoms with van der Waals surface area (Å²) in [4.78, 5) is 11.4. The maximum absolute atomic E-state index is 12.6. The van der Waals surface area contributed by atoms with E-state index in [9.17, 15) is 13.2 Å². The van der Waals surface area contributed by atoms with Gasteiger partial charge in [0.2, 0.25) is 10.0 Å². The minimum absolute atomic E-state index is 0. The fourth-order valence-corrected chi connectivity index (χ4v) is 4.04. The van der Waals surface area contributed by atoms with Crippen molar-refractivity contribution in [1.82, 2.24) is 9.62 Å². The molecule has 0 amide bonds. The van der Waals surface area contributed by atoms with E-state index in [1.807, 2.05) is 6.92 Å². The third-order valence-electron chi connectivity index (χ3n) is 3.56. The summed E-state index contributed by atoms with van der Waals surface area (Å²) >= 11 is 0. The fourth-order valence-electron chi connectivity index (χ4n) is 2.47. The number of nitrogens with one attached hydrogen (secondary N) is 1. The molecule has 1 saturated heterocycles. The lowest BCUT2D eigenvalue weighted by Crippen LogP contribution is -2.51. The summed E-state index contributed by atoms with van der Waals surface area (Å²) in [5, 5.41) is 3.81. The maximum atomic E-state index is 12.6. The highest BCUT2D eigenvalue weighted by atomic mass is 35.5. The van der Waals surface area contributed by atoms with Crippen LogP contribution in [-0.4, -0.2) is 38.4 Å². The van der Waals surface area contributed by atoms with Crippen LogP contribution < -0.4 is 10.9 Å². The van der Waals surface area contributed by atoms with Crippen LogP contribution in [0.5, 0.6) is 0 Å². The number of rotatable bonds is 2. The summed E-state index contributed by atoms with van der Waals surface area (Å²) in [5.41, 5.74) is -0.0656. The lowest BCUT2D eigenvalue weighted by molar-refractivity contribution is 0.310. The van der Waals surface area contributed by atoms with E-state index < -0.39 is 15.6 Å². The Morgan fingerprint density at radius 3 is 2.77 bits per heavy atom. The van der Waals surface area contributed by atoms with Gasteiger partial charge in [-0.05, 0) is 31.2 Å². The van der Waals surface area contributed by atoms with Gasteiger partial charge in [-0.1, -0.05) is 0 Å². The molecule has 1 atom stereocenters. The molecule has 6 nitrogen and oxygen atoms in total. The highest BCUT2D eigenvalue weighted by Crippen LogP contribution is 2.21. The Morgan fingerprint density at radius 2 is 2.05 bits per heavy atom. The molecule has 1 aromatic heterocycles. The first-order chi connectivity index (χ1) is 9.96. The van der Waals surface area contributed by atoms with Gasteiger partial charge in [-0.15, -0.1) is 12.4 Å². The molecule has 8 heteroatoms. The van der Waals surface area contributed by atoms with Crippen LogP contribution in [0.2, 0.25) is 0 Å². The summed E-state index contributed by atoms with van der Waals surface area (Å²) < 4.78 is 31.8. The van der Waals surface area contributed by atoms with Crippen molar-refractivity contribution in [3.8, 4) is 0 Å². The molecule has 0 aliphatic carbocycles. The molecule has 2 aromatic rings. The van der Waals surface area contributed by atoms with Crippen molar-refractivity contribution in [3.05, 3.63) is 40.8 Å². The number of sulfonamides is 1. The molecule has 22 heavy (non-hydrogen) atoms. The van der Waals surface area contributed by atoms with Gasteiger partial charge in [-0.25, -0.2) is 13.2 Å². The number of hydrogen-bond donors (Lipinski definition) is 1. The van der Waals surface area contributed by atoms with E-state index >= 15 is 0 Å². The highest BCUT2D eigenvalue weighted by molar-refractivity contribution is 7.89. The first-order valence-electron chi connectivity index (χ1n) is 6.74. The maximum Gasteiger partial charge on any atom is 0.336 e. The van der Waals surface area contributed by atoms with Crippen LogP contribution in [0.25, 0.3) is 11.0 Å². The van der Waals surface area contributed by atoms with Gasteiger partial charge in [-0.2, -0.15) is 4.31 Å². The number of nitrogens with zero attached hydrogens (tertiary/aromatic N) is 1. The molecule has 0 unspecified atom stereocenters. The SMILES string of the molecule is C[C@H]1CN(S(=O)(=O)c2ccc3oc(=O)ccc3c2)CCN1.Cl. The van der Waals surface area contributed by atoms with Crippen LogP contribution in [0.15, 0.2) is 44.4 Å². The topological polar surface area (TPSA) is 79.6 Å². The lowest BCUT2D eigenvalue weighted by atomic mass is 10.2. The average Bonchev–Trinajstić information content (AvgIpc) is 2.46. The van der Waals surface area contributed by atoms with Gasteiger partial charge >= 0.3 is 5.63 Å². The van der Waals surface area contributed by atoms with Gasteiger partial charge < -0.3 is 9.73 Å². The molecule has 0 spiro atoms. The van der Waals surface area contributed by atoms with Crippen LogP contribution >= 0.6 is 12.4 Å². The van der Waals surface area contributed by atoms with Gasteiger partial charge in [0.1, 0.15) is 5.58 Å². The number of piperazine rings is 1. The van der Waals surface area contributed by atoms with E-state index in [1.165, 1.54) is 22.5 Å². The van der Waals surface area contributed by atoms with Crippen LogP contribution in [0, 0.1) is 0 Å². The molecule has 120 valence electrons. The Hall–Kier alpha value is -1.41. The number of benzene rings is 1. The molecule has 1 fully saturated rings. The molecule has 1 N–H and O–H groups in total. The van der Waals surface area contributed by atoms with Crippen LogP contribution in [0.4, 0.5) is 0 Å². The van der Waals surface area contributed by atoms with Crippen molar-refractivity contribution in [2.24, 2.45) is 0 Å². The quantitative estimate of drug-likeness (QED) is 0.828. The summed E-state index contributed by atoms with van der Waals surface area (Å²) in [5.74, 6) is 0. The largest absolute Gasteiger partial charge is 0.423 e. The number of hydrogen-bond acceptors (Lipinski definition) is 5. The standard InChI is InChI=1S/C14H16N2O4S.ClH/c1-10-9-16(7-6-15-10)21(18,19)12-3-4-13-11(8-12)2-5-14(17)20-13;/h2-5,8,10,15H,6-7,9H2,1H3;1H/t10-;/m0./s1. The summed E-state index contributed by atoms with van der Waals surface area (Å²) in [6.07, 6.45) is 0. The van der Waals surface area contributed by atoms with Crippen molar-refractivity contribution in [3.63, 3.8) is 0 Å². The Balaban J connectivity index is 0.00000176. The second kappa shape index (κ2) is 6.37. The van der Waals surface area contributed by atoms with E-state index in [1.54, 1.807) is 12.1 Å². The second-order valence-electron chi connectivity index (χ2n) is 5.17. The summed E-state index contributed by atoms with van der Waals surface area (Å²) in [6.45, 7) is 3.50. The van der Waals surface area contributed by atoms with Gasteiger partial charge in [0.25, 0.3) is 0 Å². The fraction of sp³-hybridized carbons (Fsp3) is 0.357. The molecule has 0 bridgehead atoms. The van der Waals surface area contributed by atoms with E-state index in [2.05, 4.69) is 5.32 Å². The Kier molecular flexibility index (Phi) is 4.91. The summed E-state index contributed by atoms with van der Waals surface area (Å²) in [7, 11) is -3.52. The zero-order chi connectivity index (χ0) is 15.0. The van der Waals surface area contributed by atoms with Crippen molar-refractivity contribution < 1.29 is 12.8 Å². The molecule has 2 heterocycles. The van der Waals surface area contributed by atoms with E-state index in [0.717, 1.165) is 0 Å². The summed E-state index contributed by atoms with van der Waals surface area (Å²) in [6, 6.07) is 7.53. The number of halogens is 1. The minimum atomic E-state index is -3.52.